The smallest absolute Gasteiger partial charge is 0.273 e. The fourth-order valence-corrected chi connectivity index (χ4v) is 5.17. The number of halogens is 1. The quantitative estimate of drug-likeness (QED) is 0.379. The van der Waals surface area contributed by atoms with Crippen molar-refractivity contribution >= 4 is 29.4 Å². The average molecular weight is 565 g/mol. The Labute approximate surface area is 238 Å². The number of rotatable bonds is 8. The summed E-state index contributed by atoms with van der Waals surface area (Å²) in [4.78, 5) is 41.7. The van der Waals surface area contributed by atoms with E-state index in [0.717, 1.165) is 24.0 Å². The van der Waals surface area contributed by atoms with Gasteiger partial charge < -0.3 is 25.4 Å². The van der Waals surface area contributed by atoms with E-state index in [0.29, 0.717) is 41.1 Å². The zero-order valence-corrected chi connectivity index (χ0v) is 23.5. The van der Waals surface area contributed by atoms with Gasteiger partial charge in [0, 0.05) is 31.4 Å². The summed E-state index contributed by atoms with van der Waals surface area (Å²) in [6.07, 6.45) is 3.24. The predicted molar refractivity (Wildman–Crippen MR) is 151 cm³/mol. The summed E-state index contributed by atoms with van der Waals surface area (Å²) >= 11 is 6.44. The van der Waals surface area contributed by atoms with E-state index >= 15 is 0 Å². The number of hydrogen-bond acceptors (Lipinski definition) is 8. The molecule has 1 aromatic carbocycles. The lowest BCUT2D eigenvalue weighted by Crippen LogP contribution is -2.53. The Kier molecular flexibility index (Phi) is 8.02. The molecule has 10 nitrogen and oxygen atoms in total. The van der Waals surface area contributed by atoms with E-state index in [1.165, 1.54) is 11.1 Å². The molecule has 3 N–H and O–H groups in total. The number of carbonyl (C=O) groups is 2. The molecule has 0 radical (unpaired) electrons. The van der Waals surface area contributed by atoms with Gasteiger partial charge >= 0.3 is 0 Å². The van der Waals surface area contributed by atoms with Crippen LogP contribution in [0.4, 0.5) is 5.95 Å². The second-order valence-corrected chi connectivity index (χ2v) is 11.0. The maximum absolute atomic E-state index is 13.4. The molecular weight excluding hydrogens is 532 g/mol. The number of anilines is 1. The van der Waals surface area contributed by atoms with Gasteiger partial charge in [0.15, 0.2) is 0 Å². The first kappa shape index (κ1) is 27.9. The van der Waals surface area contributed by atoms with Crippen LogP contribution in [0.5, 0.6) is 0 Å². The SMILES string of the molecule is Cc1cccc(C(C)(CO)NC(=O)[C@@H](C)N2Cc3ccc(-c4nc(NC5CCOCC5)ncc4Cl)nc3C2=O)c1. The highest BCUT2D eigenvalue weighted by Crippen LogP contribution is 2.30. The van der Waals surface area contributed by atoms with Crippen LogP contribution in [0.3, 0.4) is 0 Å². The van der Waals surface area contributed by atoms with Gasteiger partial charge in [-0.2, -0.15) is 0 Å². The van der Waals surface area contributed by atoms with Crippen LogP contribution >= 0.6 is 11.6 Å². The molecule has 0 bridgehead atoms. The van der Waals surface area contributed by atoms with Gasteiger partial charge in [-0.3, -0.25) is 9.59 Å². The Hall–Kier alpha value is -3.60. The molecule has 1 fully saturated rings. The minimum atomic E-state index is -1.00. The van der Waals surface area contributed by atoms with Gasteiger partial charge in [-0.15, -0.1) is 0 Å². The summed E-state index contributed by atoms with van der Waals surface area (Å²) in [5, 5.41) is 16.7. The molecule has 2 atom stereocenters. The molecule has 3 aromatic rings. The maximum atomic E-state index is 13.4. The zero-order valence-electron chi connectivity index (χ0n) is 22.8. The van der Waals surface area contributed by atoms with Crippen molar-refractivity contribution < 1.29 is 19.4 Å². The summed E-state index contributed by atoms with van der Waals surface area (Å²) in [5.41, 5.74) is 2.63. The normalized spacial score (nSPS) is 17.7. The minimum absolute atomic E-state index is 0.206. The van der Waals surface area contributed by atoms with Crippen LogP contribution in [0.15, 0.2) is 42.6 Å². The van der Waals surface area contributed by atoms with Gasteiger partial charge in [0.2, 0.25) is 11.9 Å². The number of amides is 2. The van der Waals surface area contributed by atoms with Crippen LogP contribution in [-0.4, -0.2) is 68.7 Å². The van der Waals surface area contributed by atoms with Crippen molar-refractivity contribution in [3.8, 4) is 11.4 Å². The number of nitrogens with one attached hydrogen (secondary N) is 2. The highest BCUT2D eigenvalue weighted by Gasteiger charge is 2.38. The van der Waals surface area contributed by atoms with Crippen LogP contribution < -0.4 is 10.6 Å². The molecule has 2 aliphatic rings. The van der Waals surface area contributed by atoms with Crippen molar-refractivity contribution in [3.63, 3.8) is 0 Å². The molecule has 2 aliphatic heterocycles. The summed E-state index contributed by atoms with van der Waals surface area (Å²) in [6.45, 7) is 6.70. The fraction of sp³-hybridized carbons (Fsp3) is 0.414. The van der Waals surface area contributed by atoms with Crippen molar-refractivity contribution in [2.24, 2.45) is 0 Å². The Bertz CT molecular complexity index is 1430. The topological polar surface area (TPSA) is 130 Å². The molecule has 40 heavy (non-hydrogen) atoms. The van der Waals surface area contributed by atoms with E-state index in [1.807, 2.05) is 37.3 Å². The number of pyridine rings is 1. The number of aromatic nitrogens is 3. The van der Waals surface area contributed by atoms with Gasteiger partial charge in [-0.1, -0.05) is 47.5 Å². The Morgan fingerprint density at radius 1 is 1.23 bits per heavy atom. The lowest BCUT2D eigenvalue weighted by Gasteiger charge is -2.33. The Balaban J connectivity index is 1.33. The van der Waals surface area contributed by atoms with Gasteiger partial charge in [0.25, 0.3) is 5.91 Å². The number of fused-ring (bicyclic) bond motifs is 1. The molecule has 0 saturated carbocycles. The second kappa shape index (κ2) is 11.5. The molecule has 4 heterocycles. The third kappa shape index (κ3) is 5.65. The molecule has 0 spiro atoms. The summed E-state index contributed by atoms with van der Waals surface area (Å²) in [7, 11) is 0. The molecule has 210 valence electrons. The average Bonchev–Trinajstić information content (AvgIpc) is 3.29. The molecule has 5 rings (SSSR count). The van der Waals surface area contributed by atoms with Crippen LogP contribution in [0, 0.1) is 6.92 Å². The number of nitrogens with zero attached hydrogens (tertiary/aromatic N) is 4. The van der Waals surface area contributed by atoms with Gasteiger partial charge in [-0.05, 0) is 45.2 Å². The van der Waals surface area contributed by atoms with Crippen LogP contribution in [0.2, 0.25) is 5.02 Å². The van der Waals surface area contributed by atoms with Crippen LogP contribution in [0.1, 0.15) is 53.9 Å². The standard InChI is InChI=1S/C29H33ClN6O4/c1-17-5-4-6-20(13-17)29(3,16-37)35-26(38)18(2)36-15-19-7-8-23(33-24(19)27(36)39)25-22(30)14-31-28(34-25)32-21-9-11-40-12-10-21/h4-8,13-14,18,21,37H,9-12,15-16H2,1-3H3,(H,35,38)(H,31,32,34)/t18-,29?/m1/s1. The van der Waals surface area contributed by atoms with Gasteiger partial charge in [0.05, 0.1) is 29.1 Å². The fourth-order valence-electron chi connectivity index (χ4n) is 4.99. The molecule has 1 saturated heterocycles. The number of aliphatic hydroxyl groups is 1. The summed E-state index contributed by atoms with van der Waals surface area (Å²) < 4.78 is 5.41. The number of hydrogen-bond donors (Lipinski definition) is 3. The van der Waals surface area contributed by atoms with Crippen molar-refractivity contribution in [1.82, 2.24) is 25.2 Å². The lowest BCUT2D eigenvalue weighted by atomic mass is 9.91. The number of benzene rings is 1. The molecular formula is C29H33ClN6O4. The first-order valence-corrected chi connectivity index (χ1v) is 13.7. The maximum Gasteiger partial charge on any atom is 0.273 e. The van der Waals surface area contributed by atoms with Gasteiger partial charge in [-0.25, -0.2) is 15.0 Å². The highest BCUT2D eigenvalue weighted by molar-refractivity contribution is 6.32. The third-order valence-electron chi connectivity index (χ3n) is 7.54. The van der Waals surface area contributed by atoms with Crippen LogP contribution in [-0.2, 0) is 21.6 Å². The Morgan fingerprint density at radius 2 is 2.00 bits per heavy atom. The molecule has 0 aliphatic carbocycles. The largest absolute Gasteiger partial charge is 0.394 e. The van der Waals surface area contributed by atoms with Crippen molar-refractivity contribution in [2.45, 2.75) is 57.8 Å². The number of carbonyl (C=O) groups excluding carboxylic acids is 2. The predicted octanol–water partition coefficient (Wildman–Crippen LogP) is 3.46. The lowest BCUT2D eigenvalue weighted by molar-refractivity contribution is -0.127. The van der Waals surface area contributed by atoms with E-state index in [-0.39, 0.29) is 36.7 Å². The number of ether oxygens (including phenoxy) is 1. The molecule has 2 aromatic heterocycles. The van der Waals surface area contributed by atoms with Crippen molar-refractivity contribution in [3.05, 3.63) is 70.0 Å². The van der Waals surface area contributed by atoms with E-state index in [1.54, 1.807) is 19.9 Å². The number of aliphatic hydroxyl groups excluding tert-OH is 1. The van der Waals surface area contributed by atoms with Crippen LogP contribution in [0.25, 0.3) is 11.4 Å². The summed E-state index contributed by atoms with van der Waals surface area (Å²) in [5.74, 6) is -0.291. The van der Waals surface area contributed by atoms with Crippen molar-refractivity contribution in [2.75, 3.05) is 25.1 Å². The second-order valence-electron chi connectivity index (χ2n) is 10.6. The first-order chi connectivity index (χ1) is 19.2. The van der Waals surface area contributed by atoms with E-state index in [4.69, 9.17) is 16.3 Å². The highest BCUT2D eigenvalue weighted by atomic mass is 35.5. The first-order valence-electron chi connectivity index (χ1n) is 13.4. The molecule has 1 unspecified atom stereocenters. The van der Waals surface area contributed by atoms with E-state index in [9.17, 15) is 14.7 Å². The molecule has 2 amide bonds. The number of aryl methyl sites for hydroxylation is 1. The molecule has 11 heteroatoms. The Morgan fingerprint density at radius 3 is 2.73 bits per heavy atom. The van der Waals surface area contributed by atoms with Gasteiger partial charge in [0.1, 0.15) is 17.4 Å². The third-order valence-corrected chi connectivity index (χ3v) is 7.82. The zero-order chi connectivity index (χ0) is 28.4. The monoisotopic (exact) mass is 564 g/mol. The summed E-state index contributed by atoms with van der Waals surface area (Å²) in [6, 6.07) is 10.6. The van der Waals surface area contributed by atoms with E-state index in [2.05, 4.69) is 25.6 Å². The van der Waals surface area contributed by atoms with E-state index < -0.39 is 11.6 Å². The minimum Gasteiger partial charge on any atom is -0.394 e. The van der Waals surface area contributed by atoms with Crippen molar-refractivity contribution in [1.29, 1.82) is 0 Å².